The summed E-state index contributed by atoms with van der Waals surface area (Å²) in [4.78, 5) is 17.1. The average Bonchev–Trinajstić information content (AvgIpc) is 2.77. The van der Waals surface area contributed by atoms with Crippen LogP contribution in [0.15, 0.2) is 12.1 Å². The second-order valence-electron chi connectivity index (χ2n) is 4.24. The Labute approximate surface area is 99.3 Å². The van der Waals surface area contributed by atoms with E-state index in [1.54, 1.807) is 12.1 Å². The van der Waals surface area contributed by atoms with Crippen molar-refractivity contribution >= 4 is 11.8 Å². The van der Waals surface area contributed by atoms with Crippen LogP contribution in [0, 0.1) is 24.2 Å². The summed E-state index contributed by atoms with van der Waals surface area (Å²) < 4.78 is 0. The quantitative estimate of drug-likeness (QED) is 0.826. The number of hydrogen-bond donors (Lipinski definition) is 1. The highest BCUT2D eigenvalue weighted by Crippen LogP contribution is 2.23. The number of carboxylic acids is 1. The maximum absolute atomic E-state index is 10.9. The van der Waals surface area contributed by atoms with Gasteiger partial charge in [-0.15, -0.1) is 0 Å². The number of carbonyl (C=O) groups is 1. The number of nitrogens with zero attached hydrogens (tertiary/aromatic N) is 3. The molecule has 17 heavy (non-hydrogen) atoms. The standard InChI is InChI=1S/C12H13N3O2/c1-8-4-9(6-13)5-11(14-8)15-3-2-10(7-15)12(16)17/h4-5,10H,2-3,7H2,1H3,(H,16,17). The smallest absolute Gasteiger partial charge is 0.308 e. The van der Waals surface area contributed by atoms with Gasteiger partial charge in [0.15, 0.2) is 0 Å². The summed E-state index contributed by atoms with van der Waals surface area (Å²) in [5.41, 5.74) is 1.34. The van der Waals surface area contributed by atoms with Gasteiger partial charge in [0.05, 0.1) is 17.6 Å². The number of aliphatic carboxylic acids is 1. The topological polar surface area (TPSA) is 77.2 Å². The van der Waals surface area contributed by atoms with Gasteiger partial charge in [-0.05, 0) is 25.5 Å². The van der Waals surface area contributed by atoms with E-state index in [2.05, 4.69) is 11.1 Å². The minimum atomic E-state index is -0.763. The van der Waals surface area contributed by atoms with E-state index in [-0.39, 0.29) is 5.92 Å². The third kappa shape index (κ3) is 2.36. The molecular formula is C12H13N3O2. The van der Waals surface area contributed by atoms with Gasteiger partial charge in [0, 0.05) is 18.8 Å². The molecule has 0 saturated carbocycles. The van der Waals surface area contributed by atoms with Gasteiger partial charge in [-0.2, -0.15) is 5.26 Å². The molecular weight excluding hydrogens is 218 g/mol. The normalized spacial score (nSPS) is 19.1. The molecule has 0 bridgehead atoms. The molecule has 1 aliphatic heterocycles. The Hall–Kier alpha value is -2.09. The molecule has 5 nitrogen and oxygen atoms in total. The molecule has 0 amide bonds. The van der Waals surface area contributed by atoms with E-state index < -0.39 is 5.97 Å². The monoisotopic (exact) mass is 231 g/mol. The second kappa shape index (κ2) is 4.42. The summed E-state index contributed by atoms with van der Waals surface area (Å²) in [6.07, 6.45) is 0.632. The van der Waals surface area contributed by atoms with E-state index in [0.717, 1.165) is 5.69 Å². The van der Waals surface area contributed by atoms with Gasteiger partial charge in [0.25, 0.3) is 0 Å². The van der Waals surface area contributed by atoms with Crippen LogP contribution < -0.4 is 4.90 Å². The van der Waals surface area contributed by atoms with E-state index in [0.29, 0.717) is 30.9 Å². The van der Waals surface area contributed by atoms with Crippen LogP contribution in [0.1, 0.15) is 17.7 Å². The molecule has 1 fully saturated rings. The lowest BCUT2D eigenvalue weighted by Crippen LogP contribution is -2.23. The third-order valence-corrected chi connectivity index (χ3v) is 2.93. The van der Waals surface area contributed by atoms with Crippen molar-refractivity contribution < 1.29 is 9.90 Å². The van der Waals surface area contributed by atoms with Crippen LogP contribution in [0.3, 0.4) is 0 Å². The Balaban J connectivity index is 2.22. The summed E-state index contributed by atoms with van der Waals surface area (Å²) in [5.74, 6) is -0.395. The Bertz CT molecular complexity index is 493. The lowest BCUT2D eigenvalue weighted by Gasteiger charge is -2.17. The first-order valence-corrected chi connectivity index (χ1v) is 5.46. The number of aromatic nitrogens is 1. The van der Waals surface area contributed by atoms with Gasteiger partial charge in [0.1, 0.15) is 5.82 Å². The Morgan fingerprint density at radius 2 is 2.41 bits per heavy atom. The van der Waals surface area contributed by atoms with Crippen molar-refractivity contribution in [2.45, 2.75) is 13.3 Å². The van der Waals surface area contributed by atoms with Crippen LogP contribution in [0.5, 0.6) is 0 Å². The Kier molecular flexibility index (Phi) is 2.96. The number of pyridine rings is 1. The van der Waals surface area contributed by atoms with Crippen LogP contribution in [-0.4, -0.2) is 29.1 Å². The summed E-state index contributed by atoms with van der Waals surface area (Å²) in [6, 6.07) is 5.50. The molecule has 2 rings (SSSR count). The minimum Gasteiger partial charge on any atom is -0.481 e. The van der Waals surface area contributed by atoms with Gasteiger partial charge < -0.3 is 10.0 Å². The predicted octanol–water partition coefficient (Wildman–Crippen LogP) is 1.17. The van der Waals surface area contributed by atoms with Crippen molar-refractivity contribution in [1.82, 2.24) is 4.98 Å². The highest BCUT2D eigenvalue weighted by Gasteiger charge is 2.28. The maximum Gasteiger partial charge on any atom is 0.308 e. The first-order valence-electron chi connectivity index (χ1n) is 5.46. The lowest BCUT2D eigenvalue weighted by atomic mass is 10.1. The summed E-state index contributed by atoms with van der Waals surface area (Å²) in [5, 5.41) is 17.8. The van der Waals surface area contributed by atoms with Gasteiger partial charge >= 0.3 is 5.97 Å². The highest BCUT2D eigenvalue weighted by molar-refractivity contribution is 5.72. The summed E-state index contributed by atoms with van der Waals surface area (Å²) in [6.45, 7) is 2.98. The predicted molar refractivity (Wildman–Crippen MR) is 61.6 cm³/mol. The largest absolute Gasteiger partial charge is 0.481 e. The number of hydrogen-bond acceptors (Lipinski definition) is 4. The van der Waals surface area contributed by atoms with E-state index >= 15 is 0 Å². The molecule has 1 N–H and O–H groups in total. The van der Waals surface area contributed by atoms with Crippen molar-refractivity contribution in [2.24, 2.45) is 5.92 Å². The zero-order valence-corrected chi connectivity index (χ0v) is 9.55. The Morgan fingerprint density at radius 1 is 1.65 bits per heavy atom. The zero-order valence-electron chi connectivity index (χ0n) is 9.55. The molecule has 0 radical (unpaired) electrons. The number of nitriles is 1. The SMILES string of the molecule is Cc1cc(C#N)cc(N2CCC(C(=O)O)C2)n1. The van der Waals surface area contributed by atoms with Crippen LogP contribution >= 0.6 is 0 Å². The molecule has 1 aliphatic rings. The molecule has 0 aliphatic carbocycles. The molecule has 0 spiro atoms. The van der Waals surface area contributed by atoms with E-state index in [1.165, 1.54) is 0 Å². The van der Waals surface area contributed by atoms with Crippen molar-refractivity contribution in [3.8, 4) is 6.07 Å². The van der Waals surface area contributed by atoms with Crippen LogP contribution in [0.2, 0.25) is 0 Å². The number of aryl methyl sites for hydroxylation is 1. The van der Waals surface area contributed by atoms with Crippen molar-refractivity contribution in [2.75, 3.05) is 18.0 Å². The number of anilines is 1. The molecule has 1 aromatic rings. The molecule has 5 heteroatoms. The molecule has 88 valence electrons. The second-order valence-corrected chi connectivity index (χ2v) is 4.24. The van der Waals surface area contributed by atoms with Gasteiger partial charge in [0.2, 0.25) is 0 Å². The Morgan fingerprint density at radius 3 is 3.00 bits per heavy atom. The zero-order chi connectivity index (χ0) is 12.4. The van der Waals surface area contributed by atoms with E-state index in [1.807, 2.05) is 11.8 Å². The van der Waals surface area contributed by atoms with Gasteiger partial charge in [-0.25, -0.2) is 4.98 Å². The molecule has 2 heterocycles. The molecule has 0 aromatic carbocycles. The minimum absolute atomic E-state index is 0.331. The highest BCUT2D eigenvalue weighted by atomic mass is 16.4. The van der Waals surface area contributed by atoms with Crippen molar-refractivity contribution in [1.29, 1.82) is 5.26 Å². The molecule has 1 atom stereocenters. The fourth-order valence-corrected chi connectivity index (χ4v) is 2.05. The van der Waals surface area contributed by atoms with Gasteiger partial charge in [-0.3, -0.25) is 4.79 Å². The summed E-state index contributed by atoms with van der Waals surface area (Å²) in [7, 11) is 0. The fraction of sp³-hybridized carbons (Fsp3) is 0.417. The van der Waals surface area contributed by atoms with Gasteiger partial charge in [-0.1, -0.05) is 0 Å². The fourth-order valence-electron chi connectivity index (χ4n) is 2.05. The van der Waals surface area contributed by atoms with Crippen LogP contribution in [-0.2, 0) is 4.79 Å². The van der Waals surface area contributed by atoms with Crippen LogP contribution in [0.25, 0.3) is 0 Å². The molecule has 1 unspecified atom stereocenters. The van der Waals surface area contributed by atoms with E-state index in [9.17, 15) is 4.79 Å². The molecule has 1 aromatic heterocycles. The molecule has 1 saturated heterocycles. The first-order chi connectivity index (χ1) is 8.10. The first kappa shape index (κ1) is 11.4. The van der Waals surface area contributed by atoms with Crippen LogP contribution in [0.4, 0.5) is 5.82 Å². The number of rotatable bonds is 2. The lowest BCUT2D eigenvalue weighted by molar-refractivity contribution is -0.140. The summed E-state index contributed by atoms with van der Waals surface area (Å²) >= 11 is 0. The van der Waals surface area contributed by atoms with Crippen molar-refractivity contribution in [3.05, 3.63) is 23.4 Å². The third-order valence-electron chi connectivity index (χ3n) is 2.93. The average molecular weight is 231 g/mol. The number of carboxylic acid groups (broad SMARTS) is 1. The maximum atomic E-state index is 10.9. The van der Waals surface area contributed by atoms with Crippen molar-refractivity contribution in [3.63, 3.8) is 0 Å². The van der Waals surface area contributed by atoms with E-state index in [4.69, 9.17) is 10.4 Å².